The fourth-order valence-corrected chi connectivity index (χ4v) is 3.59. The Morgan fingerprint density at radius 2 is 1.83 bits per heavy atom. The first kappa shape index (κ1) is 20.5. The number of fused-ring (bicyclic) bond motifs is 1. The average Bonchev–Trinajstić information content (AvgIpc) is 2.77. The number of carbonyl (C=O) groups is 2. The second kappa shape index (κ2) is 9.28. The van der Waals surface area contributed by atoms with Gasteiger partial charge in [-0.15, -0.1) is 0 Å². The maximum absolute atomic E-state index is 11.7. The van der Waals surface area contributed by atoms with Crippen molar-refractivity contribution in [3.8, 4) is 11.5 Å². The molecule has 0 radical (unpaired) electrons. The number of carbonyl (C=O) groups excluding carboxylic acids is 2. The number of hydrogen-bond acceptors (Lipinski definition) is 5. The molecule has 0 aliphatic carbocycles. The third-order valence-electron chi connectivity index (χ3n) is 5.13. The van der Waals surface area contributed by atoms with Crippen LogP contribution in [-0.2, 0) is 22.6 Å². The highest BCUT2D eigenvalue weighted by atomic mass is 16.5. The van der Waals surface area contributed by atoms with Gasteiger partial charge in [-0.2, -0.15) is 0 Å². The molecule has 6 heteroatoms. The Kier molecular flexibility index (Phi) is 6.54. The van der Waals surface area contributed by atoms with Gasteiger partial charge in [-0.05, 0) is 47.4 Å². The fourth-order valence-electron chi connectivity index (χ4n) is 3.59. The molecule has 2 aromatic rings. The van der Waals surface area contributed by atoms with Gasteiger partial charge in [0.05, 0.1) is 20.6 Å². The summed E-state index contributed by atoms with van der Waals surface area (Å²) in [6.07, 6.45) is 3.48. The highest BCUT2D eigenvalue weighted by Gasteiger charge is 2.21. The molecule has 29 heavy (non-hydrogen) atoms. The molecule has 3 rings (SSSR count). The summed E-state index contributed by atoms with van der Waals surface area (Å²) in [7, 11) is 4.84. The van der Waals surface area contributed by atoms with Gasteiger partial charge in [-0.3, -0.25) is 9.59 Å². The average molecular weight is 394 g/mol. The van der Waals surface area contributed by atoms with Gasteiger partial charge in [0.1, 0.15) is 6.29 Å². The highest BCUT2D eigenvalue weighted by molar-refractivity contribution is 5.92. The van der Waals surface area contributed by atoms with Crippen molar-refractivity contribution in [1.82, 2.24) is 5.32 Å². The summed E-state index contributed by atoms with van der Waals surface area (Å²) in [6.45, 7) is 1.58. The van der Waals surface area contributed by atoms with E-state index in [4.69, 9.17) is 9.47 Å². The third-order valence-corrected chi connectivity index (χ3v) is 5.13. The number of para-hydroxylation sites is 1. The number of amides is 1. The van der Waals surface area contributed by atoms with Gasteiger partial charge in [0, 0.05) is 31.4 Å². The van der Waals surface area contributed by atoms with E-state index in [0.717, 1.165) is 48.5 Å². The van der Waals surface area contributed by atoms with E-state index in [-0.39, 0.29) is 12.3 Å². The smallest absolute Gasteiger partial charge is 0.224 e. The molecule has 1 aliphatic rings. The van der Waals surface area contributed by atoms with E-state index >= 15 is 0 Å². The van der Waals surface area contributed by atoms with E-state index in [9.17, 15) is 9.59 Å². The quantitative estimate of drug-likeness (QED) is 0.578. The Morgan fingerprint density at radius 3 is 2.48 bits per heavy atom. The first-order valence-electron chi connectivity index (χ1n) is 9.53. The molecule has 0 bridgehead atoms. The summed E-state index contributed by atoms with van der Waals surface area (Å²) in [5.41, 5.74) is 4.83. The topological polar surface area (TPSA) is 67.9 Å². The molecule has 0 fully saturated rings. The minimum Gasteiger partial charge on any atom is -0.493 e. The number of anilines is 1. The van der Waals surface area contributed by atoms with Gasteiger partial charge in [-0.1, -0.05) is 18.2 Å². The lowest BCUT2D eigenvalue weighted by atomic mass is 9.97. The van der Waals surface area contributed by atoms with Crippen LogP contribution < -0.4 is 19.7 Å². The van der Waals surface area contributed by atoms with E-state index < -0.39 is 0 Å². The van der Waals surface area contributed by atoms with Crippen LogP contribution in [-0.4, -0.2) is 40.0 Å². The van der Waals surface area contributed by atoms with Gasteiger partial charge in [0.15, 0.2) is 11.5 Å². The number of ether oxygens (including phenoxy) is 2. The summed E-state index contributed by atoms with van der Waals surface area (Å²) < 4.78 is 10.9. The monoisotopic (exact) mass is 394 g/mol. The summed E-state index contributed by atoms with van der Waals surface area (Å²) >= 11 is 0. The van der Waals surface area contributed by atoms with Crippen LogP contribution in [0.4, 0.5) is 5.69 Å². The van der Waals surface area contributed by atoms with Crippen molar-refractivity contribution in [3.05, 3.63) is 58.7 Å². The Balaban J connectivity index is 1.91. The molecular weight excluding hydrogens is 368 g/mol. The van der Waals surface area contributed by atoms with Gasteiger partial charge < -0.3 is 19.7 Å². The molecule has 0 aromatic heterocycles. The molecule has 1 heterocycles. The molecule has 2 aromatic carbocycles. The number of nitrogens with zero attached hydrogens (tertiary/aromatic N) is 1. The number of aldehydes is 1. The molecule has 1 N–H and O–H groups in total. The van der Waals surface area contributed by atoms with E-state index in [1.807, 2.05) is 36.4 Å². The van der Waals surface area contributed by atoms with Crippen LogP contribution in [0.15, 0.2) is 42.0 Å². The Labute approximate surface area is 171 Å². The van der Waals surface area contributed by atoms with E-state index in [1.54, 1.807) is 27.3 Å². The molecule has 0 spiro atoms. The summed E-state index contributed by atoms with van der Waals surface area (Å²) in [5.74, 6) is 1.27. The van der Waals surface area contributed by atoms with Crippen LogP contribution >= 0.6 is 0 Å². The van der Waals surface area contributed by atoms with Crippen molar-refractivity contribution in [2.24, 2.45) is 0 Å². The van der Waals surface area contributed by atoms with Crippen LogP contribution in [0.1, 0.15) is 23.1 Å². The number of hydrogen-bond donors (Lipinski definition) is 1. The largest absolute Gasteiger partial charge is 0.493 e. The van der Waals surface area contributed by atoms with Gasteiger partial charge in [-0.25, -0.2) is 0 Å². The minimum atomic E-state index is -0.186. The van der Waals surface area contributed by atoms with Gasteiger partial charge in [0.2, 0.25) is 5.91 Å². The normalized spacial score (nSPS) is 13.5. The van der Waals surface area contributed by atoms with Crippen molar-refractivity contribution in [2.75, 3.05) is 32.7 Å². The van der Waals surface area contributed by atoms with Crippen LogP contribution in [0.2, 0.25) is 0 Å². The Morgan fingerprint density at radius 1 is 1.14 bits per heavy atom. The molecule has 152 valence electrons. The fraction of sp³-hybridized carbons (Fsp3) is 0.304. The lowest BCUT2D eigenvalue weighted by Crippen LogP contribution is -2.31. The van der Waals surface area contributed by atoms with Crippen molar-refractivity contribution in [3.63, 3.8) is 0 Å². The molecule has 0 unspecified atom stereocenters. The molecule has 1 amide bonds. The zero-order valence-corrected chi connectivity index (χ0v) is 17.0. The first-order chi connectivity index (χ1) is 14.1. The Bertz CT molecular complexity index is 936. The Hall–Kier alpha value is -3.28. The zero-order chi connectivity index (χ0) is 20.8. The molecule has 1 aliphatic heterocycles. The number of nitrogens with one attached hydrogen (secondary N) is 1. The predicted molar refractivity (Wildman–Crippen MR) is 113 cm³/mol. The number of rotatable bonds is 7. The van der Waals surface area contributed by atoms with Gasteiger partial charge in [0.25, 0.3) is 0 Å². The second-order valence-electron chi connectivity index (χ2n) is 6.89. The van der Waals surface area contributed by atoms with Crippen molar-refractivity contribution >= 4 is 24.0 Å². The van der Waals surface area contributed by atoms with Crippen LogP contribution in [0.3, 0.4) is 0 Å². The van der Waals surface area contributed by atoms with Crippen molar-refractivity contribution in [1.29, 1.82) is 0 Å². The highest BCUT2D eigenvalue weighted by Crippen LogP contribution is 2.35. The summed E-state index contributed by atoms with van der Waals surface area (Å²) in [5, 5.41) is 2.55. The molecule has 0 saturated heterocycles. The SMILES string of the molecule is CNC(=O)C/C(C=O)=C\c1ccccc1N1CCc2cc(OC)c(OC)cc2C1. The molecular formula is C23H26N2O4. The number of methoxy groups -OCH3 is 2. The maximum Gasteiger partial charge on any atom is 0.224 e. The van der Waals surface area contributed by atoms with E-state index in [1.165, 1.54) is 11.1 Å². The first-order valence-corrected chi connectivity index (χ1v) is 9.53. The zero-order valence-electron chi connectivity index (χ0n) is 17.0. The van der Waals surface area contributed by atoms with Crippen LogP contribution in [0.5, 0.6) is 11.5 Å². The van der Waals surface area contributed by atoms with Crippen molar-refractivity contribution in [2.45, 2.75) is 19.4 Å². The van der Waals surface area contributed by atoms with Crippen LogP contribution in [0, 0.1) is 0 Å². The van der Waals surface area contributed by atoms with E-state index in [2.05, 4.69) is 10.2 Å². The number of benzene rings is 2. The lowest BCUT2D eigenvalue weighted by molar-refractivity contribution is -0.120. The van der Waals surface area contributed by atoms with Crippen molar-refractivity contribution < 1.29 is 19.1 Å². The summed E-state index contributed by atoms with van der Waals surface area (Å²) in [4.78, 5) is 25.4. The lowest BCUT2D eigenvalue weighted by Gasteiger charge is -2.32. The predicted octanol–water partition coefficient (Wildman–Crippen LogP) is 2.98. The minimum absolute atomic E-state index is 0.0637. The van der Waals surface area contributed by atoms with E-state index in [0.29, 0.717) is 5.57 Å². The standard InChI is InChI=1S/C23H26N2O4/c1-24-23(27)11-16(15-26)10-18-6-4-5-7-20(18)25-9-8-17-12-21(28-2)22(29-3)13-19(17)14-25/h4-7,10,12-13,15H,8-9,11,14H2,1-3H3,(H,24,27)/b16-10+. The van der Waals surface area contributed by atoms with Gasteiger partial charge >= 0.3 is 0 Å². The second-order valence-corrected chi connectivity index (χ2v) is 6.89. The third kappa shape index (κ3) is 4.59. The van der Waals surface area contributed by atoms with Crippen LogP contribution in [0.25, 0.3) is 6.08 Å². The molecule has 0 saturated carbocycles. The molecule has 6 nitrogen and oxygen atoms in total. The summed E-state index contributed by atoms with van der Waals surface area (Å²) in [6, 6.07) is 12.0. The molecule has 0 atom stereocenters. The maximum atomic E-state index is 11.7.